The molecule has 13 nitrogen and oxygen atoms in total. The lowest BCUT2D eigenvalue weighted by molar-refractivity contribution is 0.0231. The standard InChI is InChI=1S/C27H35ClN10O3/c1-15(2)13-19(32-22-16(14-29)21(30)34-25(31)35-22)23-33-18-8-6-7-17(28)20(18)24(39)38(23)37-11-9-36(10-12-37)26(40)41-27(3,4)5/h6-8,15,19H,9-13H2,1-5H3,(H5,30,31,32,34,35). The summed E-state index contributed by atoms with van der Waals surface area (Å²) in [6.45, 7) is 10.9. The van der Waals surface area contributed by atoms with Crippen LogP contribution in [0.3, 0.4) is 0 Å². The molecule has 3 heterocycles. The number of carbonyl (C=O) groups is 1. The molecule has 4 rings (SSSR count). The van der Waals surface area contributed by atoms with Gasteiger partial charge in [-0.05, 0) is 45.2 Å². The second-order valence-electron chi connectivity index (χ2n) is 11.3. The van der Waals surface area contributed by atoms with Crippen molar-refractivity contribution in [2.75, 3.05) is 48.0 Å². The number of hydrogen-bond donors (Lipinski definition) is 3. The van der Waals surface area contributed by atoms with Crippen LogP contribution in [0.25, 0.3) is 10.9 Å². The predicted molar refractivity (Wildman–Crippen MR) is 158 cm³/mol. The van der Waals surface area contributed by atoms with Gasteiger partial charge in [0.05, 0.1) is 35.1 Å². The van der Waals surface area contributed by atoms with E-state index in [9.17, 15) is 14.9 Å². The molecule has 0 spiro atoms. The Hall–Kier alpha value is -4.31. The van der Waals surface area contributed by atoms with Crippen LogP contribution < -0.4 is 27.4 Å². The number of benzene rings is 1. The second-order valence-corrected chi connectivity index (χ2v) is 11.7. The van der Waals surface area contributed by atoms with E-state index in [1.807, 2.05) is 45.7 Å². The number of rotatable bonds is 6. The fourth-order valence-electron chi connectivity index (χ4n) is 4.68. The lowest BCUT2D eigenvalue weighted by Crippen LogP contribution is -2.57. The molecule has 1 aromatic carbocycles. The molecule has 1 saturated heterocycles. The first-order chi connectivity index (χ1) is 19.3. The van der Waals surface area contributed by atoms with Crippen LogP contribution >= 0.6 is 11.6 Å². The quantitative estimate of drug-likeness (QED) is 0.388. The Labute approximate surface area is 243 Å². The fraction of sp³-hybridized carbons (Fsp3) is 0.481. The normalized spacial score (nSPS) is 14.7. The molecule has 41 heavy (non-hydrogen) atoms. The smallest absolute Gasteiger partial charge is 0.410 e. The zero-order chi connectivity index (χ0) is 30.1. The summed E-state index contributed by atoms with van der Waals surface area (Å²) < 4.78 is 7.04. The second kappa shape index (κ2) is 11.7. The number of nitriles is 1. The van der Waals surface area contributed by atoms with Crippen molar-refractivity contribution in [2.24, 2.45) is 5.92 Å². The molecule has 1 atom stereocenters. The van der Waals surface area contributed by atoms with Crippen LogP contribution in [0.15, 0.2) is 23.0 Å². The van der Waals surface area contributed by atoms with Crippen LogP contribution in [0.5, 0.6) is 0 Å². The molecule has 3 aromatic rings. The summed E-state index contributed by atoms with van der Waals surface area (Å²) in [7, 11) is 0. The van der Waals surface area contributed by atoms with Gasteiger partial charge in [0.15, 0.2) is 11.6 Å². The zero-order valence-electron chi connectivity index (χ0n) is 23.8. The molecular weight excluding hydrogens is 548 g/mol. The number of nitrogens with two attached hydrogens (primary N) is 2. The van der Waals surface area contributed by atoms with Gasteiger partial charge in [0, 0.05) is 13.1 Å². The van der Waals surface area contributed by atoms with E-state index >= 15 is 0 Å². The number of ether oxygens (including phenoxy) is 1. The Morgan fingerprint density at radius 2 is 1.85 bits per heavy atom. The van der Waals surface area contributed by atoms with Gasteiger partial charge in [0.1, 0.15) is 23.1 Å². The minimum atomic E-state index is -0.622. The highest BCUT2D eigenvalue weighted by molar-refractivity contribution is 6.35. The molecule has 5 N–H and O–H groups in total. The summed E-state index contributed by atoms with van der Waals surface area (Å²) in [5, 5.41) is 15.4. The SMILES string of the molecule is CC(C)CC(Nc1nc(N)nc(N)c1C#N)c1nc2cccc(Cl)c2c(=O)n1N1CCN(C(=O)OC(C)(C)C)CC1. The average Bonchev–Trinajstić information content (AvgIpc) is 2.87. The van der Waals surface area contributed by atoms with E-state index in [1.54, 1.807) is 23.1 Å². The van der Waals surface area contributed by atoms with Crippen molar-refractivity contribution in [1.29, 1.82) is 5.26 Å². The van der Waals surface area contributed by atoms with E-state index in [4.69, 9.17) is 32.8 Å². The third kappa shape index (κ3) is 6.54. The van der Waals surface area contributed by atoms with Crippen molar-refractivity contribution in [2.45, 2.75) is 52.7 Å². The Morgan fingerprint density at radius 3 is 2.46 bits per heavy atom. The summed E-state index contributed by atoms with van der Waals surface area (Å²) in [4.78, 5) is 41.4. The number of nitrogen functional groups attached to an aromatic ring is 2. The van der Waals surface area contributed by atoms with Crippen LogP contribution in [0.1, 0.15) is 58.5 Å². The number of anilines is 3. The van der Waals surface area contributed by atoms with Gasteiger partial charge < -0.3 is 31.4 Å². The Kier molecular flexibility index (Phi) is 8.44. The highest BCUT2D eigenvalue weighted by atomic mass is 35.5. The lowest BCUT2D eigenvalue weighted by atomic mass is 10.0. The first kappa shape index (κ1) is 29.7. The van der Waals surface area contributed by atoms with Gasteiger partial charge in [0.2, 0.25) is 5.95 Å². The largest absolute Gasteiger partial charge is 0.444 e. The molecule has 0 bridgehead atoms. The lowest BCUT2D eigenvalue weighted by Gasteiger charge is -2.38. The zero-order valence-corrected chi connectivity index (χ0v) is 24.6. The Morgan fingerprint density at radius 1 is 1.17 bits per heavy atom. The number of aromatic nitrogens is 4. The first-order valence-corrected chi connectivity index (χ1v) is 13.7. The van der Waals surface area contributed by atoms with Gasteiger partial charge in [-0.25, -0.2) is 14.5 Å². The van der Waals surface area contributed by atoms with Gasteiger partial charge in [-0.15, -0.1) is 0 Å². The monoisotopic (exact) mass is 582 g/mol. The number of halogens is 1. The van der Waals surface area contributed by atoms with Crippen LogP contribution in [-0.2, 0) is 4.74 Å². The van der Waals surface area contributed by atoms with Crippen LogP contribution in [-0.4, -0.2) is 62.4 Å². The Bertz CT molecular complexity index is 1550. The number of carbonyl (C=O) groups excluding carboxylic acids is 1. The van der Waals surface area contributed by atoms with Gasteiger partial charge in [-0.1, -0.05) is 31.5 Å². The molecule has 0 aliphatic carbocycles. The average molecular weight is 583 g/mol. The minimum absolute atomic E-state index is 0.0386. The van der Waals surface area contributed by atoms with Crippen LogP contribution in [0.4, 0.5) is 22.4 Å². The van der Waals surface area contributed by atoms with Gasteiger partial charge in [0.25, 0.3) is 5.56 Å². The number of amides is 1. The highest BCUT2D eigenvalue weighted by Gasteiger charge is 2.31. The molecule has 1 unspecified atom stereocenters. The number of piperazine rings is 1. The van der Waals surface area contributed by atoms with Gasteiger partial charge in [-0.2, -0.15) is 15.2 Å². The fourth-order valence-corrected chi connectivity index (χ4v) is 4.93. The van der Waals surface area contributed by atoms with E-state index in [1.165, 1.54) is 4.68 Å². The number of hydrogen-bond acceptors (Lipinski definition) is 11. The topological polar surface area (TPSA) is 181 Å². The molecule has 1 aliphatic rings. The molecule has 1 aliphatic heterocycles. The molecule has 2 aromatic heterocycles. The van der Waals surface area contributed by atoms with E-state index in [0.717, 1.165) is 0 Å². The third-order valence-electron chi connectivity index (χ3n) is 6.44. The Balaban J connectivity index is 1.81. The number of nitrogens with one attached hydrogen (secondary N) is 1. The summed E-state index contributed by atoms with van der Waals surface area (Å²) in [6, 6.07) is 6.54. The highest BCUT2D eigenvalue weighted by Crippen LogP contribution is 2.29. The first-order valence-electron chi connectivity index (χ1n) is 13.3. The predicted octanol–water partition coefficient (Wildman–Crippen LogP) is 3.26. The van der Waals surface area contributed by atoms with Crippen molar-refractivity contribution >= 4 is 46.2 Å². The maximum atomic E-state index is 14.1. The molecule has 0 saturated carbocycles. The van der Waals surface area contributed by atoms with Crippen LogP contribution in [0, 0.1) is 17.2 Å². The molecule has 1 amide bonds. The molecular formula is C27H35ClN10O3. The summed E-state index contributed by atoms with van der Waals surface area (Å²) in [5.41, 5.74) is 11.3. The van der Waals surface area contributed by atoms with E-state index in [-0.39, 0.29) is 45.0 Å². The maximum Gasteiger partial charge on any atom is 0.410 e. The van der Waals surface area contributed by atoms with Crippen molar-refractivity contribution in [3.8, 4) is 6.07 Å². The van der Waals surface area contributed by atoms with Crippen molar-refractivity contribution in [3.05, 3.63) is 45.0 Å². The van der Waals surface area contributed by atoms with E-state index in [2.05, 4.69) is 15.3 Å². The number of fused-ring (bicyclic) bond motifs is 1. The summed E-state index contributed by atoms with van der Waals surface area (Å²) in [5.74, 6) is 0.536. The van der Waals surface area contributed by atoms with E-state index in [0.29, 0.717) is 43.9 Å². The van der Waals surface area contributed by atoms with Crippen LogP contribution in [0.2, 0.25) is 5.02 Å². The van der Waals surface area contributed by atoms with Crippen molar-refractivity contribution in [1.82, 2.24) is 24.5 Å². The maximum absolute atomic E-state index is 14.1. The van der Waals surface area contributed by atoms with Gasteiger partial charge >= 0.3 is 6.09 Å². The summed E-state index contributed by atoms with van der Waals surface area (Å²) >= 11 is 6.48. The third-order valence-corrected chi connectivity index (χ3v) is 6.75. The van der Waals surface area contributed by atoms with Gasteiger partial charge in [-0.3, -0.25) is 4.79 Å². The molecule has 1 fully saturated rings. The van der Waals surface area contributed by atoms with E-state index < -0.39 is 17.7 Å². The number of nitrogens with zero attached hydrogens (tertiary/aromatic N) is 7. The molecule has 218 valence electrons. The minimum Gasteiger partial charge on any atom is -0.444 e. The summed E-state index contributed by atoms with van der Waals surface area (Å²) in [6.07, 6.45) is 0.108. The van der Waals surface area contributed by atoms with Crippen molar-refractivity contribution < 1.29 is 9.53 Å². The molecule has 14 heteroatoms. The molecule has 0 radical (unpaired) electrons. The van der Waals surface area contributed by atoms with Crippen molar-refractivity contribution in [3.63, 3.8) is 0 Å².